The van der Waals surface area contributed by atoms with Crippen LogP contribution in [0, 0.1) is 5.92 Å². The number of alkyl halides is 2. The summed E-state index contributed by atoms with van der Waals surface area (Å²) < 4.78 is 29.0. The summed E-state index contributed by atoms with van der Waals surface area (Å²) >= 11 is 0. The highest BCUT2D eigenvalue weighted by atomic mass is 19.3. The Labute approximate surface area is 120 Å². The number of halogens is 2. The zero-order chi connectivity index (χ0) is 15.0. The van der Waals surface area contributed by atoms with Gasteiger partial charge in [0.05, 0.1) is 0 Å². The van der Waals surface area contributed by atoms with Gasteiger partial charge in [0.15, 0.2) is 0 Å². The first-order valence-corrected chi connectivity index (χ1v) is 7.34. The van der Waals surface area contributed by atoms with Gasteiger partial charge in [-0.25, -0.2) is 0 Å². The summed E-state index contributed by atoms with van der Waals surface area (Å²) in [6.45, 7) is 4.53. The van der Waals surface area contributed by atoms with E-state index in [1.165, 1.54) is 6.42 Å². The van der Waals surface area contributed by atoms with Crippen molar-refractivity contribution in [3.8, 4) is 5.75 Å². The summed E-state index contributed by atoms with van der Waals surface area (Å²) in [7, 11) is 0. The fourth-order valence-corrected chi connectivity index (χ4v) is 2.50. The van der Waals surface area contributed by atoms with Gasteiger partial charge in [0.2, 0.25) is 0 Å². The average molecular weight is 285 g/mol. The van der Waals surface area contributed by atoms with Gasteiger partial charge in [0.25, 0.3) is 0 Å². The smallest absolute Gasteiger partial charge is 0.387 e. The largest absolute Gasteiger partial charge is 0.435 e. The lowest BCUT2D eigenvalue weighted by molar-refractivity contribution is -0.0499. The van der Waals surface area contributed by atoms with Gasteiger partial charge in [0.1, 0.15) is 5.75 Å². The molecule has 1 N–H and O–H groups in total. The number of ether oxygens (including phenoxy) is 1. The Balaban J connectivity index is 2.79. The van der Waals surface area contributed by atoms with Crippen LogP contribution in [-0.4, -0.2) is 13.2 Å². The molecule has 4 heteroatoms. The van der Waals surface area contributed by atoms with Gasteiger partial charge in [-0.3, -0.25) is 0 Å². The number of hydrogen-bond acceptors (Lipinski definition) is 2. The zero-order valence-electron chi connectivity index (χ0n) is 12.5. The van der Waals surface area contributed by atoms with Crippen molar-refractivity contribution in [1.82, 2.24) is 5.32 Å². The minimum absolute atomic E-state index is 0.183. The van der Waals surface area contributed by atoms with Gasteiger partial charge in [0, 0.05) is 6.04 Å². The third kappa shape index (κ3) is 5.87. The van der Waals surface area contributed by atoms with Crippen LogP contribution in [-0.2, 0) is 0 Å². The Hall–Kier alpha value is -1.16. The highest BCUT2D eigenvalue weighted by molar-refractivity contribution is 5.30. The van der Waals surface area contributed by atoms with Crippen molar-refractivity contribution in [2.45, 2.75) is 52.7 Å². The molecule has 2 atom stereocenters. The summed E-state index contributed by atoms with van der Waals surface area (Å²) in [5.74, 6) is 0.826. The average Bonchev–Trinajstić information content (AvgIpc) is 2.38. The highest BCUT2D eigenvalue weighted by Gasteiger charge is 2.15. The fourth-order valence-electron chi connectivity index (χ4n) is 2.50. The van der Waals surface area contributed by atoms with E-state index in [1.807, 2.05) is 6.07 Å². The molecule has 0 heterocycles. The molecule has 2 unspecified atom stereocenters. The molecule has 1 rings (SSSR count). The van der Waals surface area contributed by atoms with Gasteiger partial charge in [-0.15, -0.1) is 0 Å². The molecule has 2 nitrogen and oxygen atoms in total. The van der Waals surface area contributed by atoms with Gasteiger partial charge >= 0.3 is 6.61 Å². The molecule has 0 aliphatic rings. The van der Waals surface area contributed by atoms with Crippen LogP contribution in [0.25, 0.3) is 0 Å². The molecule has 114 valence electrons. The molecule has 0 saturated carbocycles. The third-order valence-electron chi connectivity index (χ3n) is 3.36. The van der Waals surface area contributed by atoms with Crippen LogP contribution in [0.15, 0.2) is 24.3 Å². The molecule has 0 aliphatic carbocycles. The second-order valence-electron chi connectivity index (χ2n) is 5.19. The van der Waals surface area contributed by atoms with Crippen molar-refractivity contribution < 1.29 is 13.5 Å². The SMILES string of the molecule is CCCC(C)CC(NCC)c1cccc(OC(F)F)c1. The normalized spacial score (nSPS) is 14.3. The lowest BCUT2D eigenvalue weighted by Crippen LogP contribution is -2.23. The Kier molecular flexibility index (Phi) is 7.52. The molecule has 0 bridgehead atoms. The summed E-state index contributed by atoms with van der Waals surface area (Å²) in [5.41, 5.74) is 1.01. The molecule has 1 aromatic rings. The molecule has 0 spiro atoms. The highest BCUT2D eigenvalue weighted by Crippen LogP contribution is 2.27. The minimum Gasteiger partial charge on any atom is -0.435 e. The number of hydrogen-bond donors (Lipinski definition) is 1. The topological polar surface area (TPSA) is 21.3 Å². The molecular weight excluding hydrogens is 260 g/mol. The Morgan fingerprint density at radius 1 is 1.25 bits per heavy atom. The maximum Gasteiger partial charge on any atom is 0.387 e. The summed E-state index contributed by atoms with van der Waals surface area (Å²) in [4.78, 5) is 0. The van der Waals surface area contributed by atoms with Crippen LogP contribution in [0.2, 0.25) is 0 Å². The number of nitrogens with one attached hydrogen (secondary N) is 1. The third-order valence-corrected chi connectivity index (χ3v) is 3.36. The Bertz CT molecular complexity index is 384. The van der Waals surface area contributed by atoms with Gasteiger partial charge in [-0.2, -0.15) is 8.78 Å². The molecule has 0 aromatic heterocycles. The van der Waals surface area contributed by atoms with Crippen molar-refractivity contribution in [3.63, 3.8) is 0 Å². The van der Waals surface area contributed by atoms with E-state index >= 15 is 0 Å². The summed E-state index contributed by atoms with van der Waals surface area (Å²) in [5, 5.41) is 3.43. The predicted molar refractivity (Wildman–Crippen MR) is 78.2 cm³/mol. The van der Waals surface area contributed by atoms with E-state index in [4.69, 9.17) is 0 Å². The quantitative estimate of drug-likeness (QED) is 0.706. The molecule has 0 saturated heterocycles. The second-order valence-corrected chi connectivity index (χ2v) is 5.19. The fraction of sp³-hybridized carbons (Fsp3) is 0.625. The molecular formula is C16H25F2NO. The maximum atomic E-state index is 12.3. The summed E-state index contributed by atoms with van der Waals surface area (Å²) in [6.07, 6.45) is 3.34. The first-order valence-electron chi connectivity index (χ1n) is 7.34. The maximum absolute atomic E-state index is 12.3. The molecule has 0 aliphatic heterocycles. The van der Waals surface area contributed by atoms with E-state index < -0.39 is 6.61 Å². The van der Waals surface area contributed by atoms with Crippen molar-refractivity contribution in [2.24, 2.45) is 5.92 Å². The first kappa shape index (κ1) is 16.9. The van der Waals surface area contributed by atoms with Crippen LogP contribution in [0.4, 0.5) is 8.78 Å². The van der Waals surface area contributed by atoms with E-state index in [1.54, 1.807) is 18.2 Å². The monoisotopic (exact) mass is 285 g/mol. The number of benzene rings is 1. The van der Waals surface area contributed by atoms with Crippen LogP contribution in [0.3, 0.4) is 0 Å². The minimum atomic E-state index is -2.78. The van der Waals surface area contributed by atoms with Crippen molar-refractivity contribution >= 4 is 0 Å². The van der Waals surface area contributed by atoms with Gasteiger partial charge in [-0.1, -0.05) is 45.7 Å². The standard InChI is InChI=1S/C16H25F2NO/c1-4-7-12(3)10-15(19-5-2)13-8-6-9-14(11-13)20-16(17)18/h6,8-9,11-12,15-16,19H,4-5,7,10H2,1-3H3. The van der Waals surface area contributed by atoms with Gasteiger partial charge < -0.3 is 10.1 Å². The van der Waals surface area contributed by atoms with E-state index in [-0.39, 0.29) is 11.8 Å². The van der Waals surface area contributed by atoms with Crippen LogP contribution < -0.4 is 10.1 Å². The predicted octanol–water partition coefficient (Wildman–Crippen LogP) is 4.76. The molecule has 0 amide bonds. The number of rotatable bonds is 9. The van der Waals surface area contributed by atoms with Crippen molar-refractivity contribution in [3.05, 3.63) is 29.8 Å². The van der Waals surface area contributed by atoms with E-state index in [9.17, 15) is 8.78 Å². The van der Waals surface area contributed by atoms with Crippen molar-refractivity contribution in [2.75, 3.05) is 6.54 Å². The Morgan fingerprint density at radius 3 is 2.60 bits per heavy atom. The first-order chi connectivity index (χ1) is 9.56. The van der Waals surface area contributed by atoms with E-state index in [0.717, 1.165) is 24.9 Å². The zero-order valence-corrected chi connectivity index (χ0v) is 12.5. The van der Waals surface area contributed by atoms with Crippen LogP contribution in [0.1, 0.15) is 51.6 Å². The van der Waals surface area contributed by atoms with E-state index in [0.29, 0.717) is 5.92 Å². The molecule has 0 radical (unpaired) electrons. The molecule has 1 aromatic carbocycles. The van der Waals surface area contributed by atoms with Gasteiger partial charge in [-0.05, 0) is 36.6 Å². The van der Waals surface area contributed by atoms with Crippen LogP contribution in [0.5, 0.6) is 5.75 Å². The molecule has 20 heavy (non-hydrogen) atoms. The lowest BCUT2D eigenvalue weighted by Gasteiger charge is -2.22. The second kappa shape index (κ2) is 8.90. The molecule has 0 fully saturated rings. The van der Waals surface area contributed by atoms with E-state index in [2.05, 4.69) is 30.8 Å². The lowest BCUT2D eigenvalue weighted by atomic mass is 9.93. The summed E-state index contributed by atoms with van der Waals surface area (Å²) in [6, 6.07) is 7.18. The van der Waals surface area contributed by atoms with Crippen molar-refractivity contribution in [1.29, 1.82) is 0 Å². The van der Waals surface area contributed by atoms with Crippen LogP contribution >= 0.6 is 0 Å². The Morgan fingerprint density at radius 2 is 2.00 bits per heavy atom.